The molecule has 0 radical (unpaired) electrons. The van der Waals surface area contributed by atoms with E-state index in [1.807, 2.05) is 0 Å². The molecule has 0 bridgehead atoms. The van der Waals surface area contributed by atoms with E-state index in [2.05, 4.69) is 36.2 Å². The number of hydrogen-bond acceptors (Lipinski definition) is 4. The van der Waals surface area contributed by atoms with E-state index in [0.29, 0.717) is 11.1 Å². The molecule has 0 spiro atoms. The summed E-state index contributed by atoms with van der Waals surface area (Å²) in [6.07, 6.45) is 1.35. The van der Waals surface area contributed by atoms with Crippen LogP contribution < -0.4 is 10.9 Å². The van der Waals surface area contributed by atoms with Crippen molar-refractivity contribution in [3.63, 3.8) is 0 Å². The molecule has 3 heterocycles. The van der Waals surface area contributed by atoms with E-state index in [0.717, 1.165) is 12.1 Å². The van der Waals surface area contributed by atoms with Gasteiger partial charge in [-0.25, -0.2) is 13.8 Å². The number of nitrogens with zero attached hydrogens (tertiary/aromatic N) is 2. The summed E-state index contributed by atoms with van der Waals surface area (Å²) in [4.78, 5) is 22.4. The van der Waals surface area contributed by atoms with Gasteiger partial charge in [0.15, 0.2) is 5.82 Å². The maximum atomic E-state index is 14.4. The Hall–Kier alpha value is -2.94. The number of pyridine rings is 2. The van der Waals surface area contributed by atoms with Crippen molar-refractivity contribution in [2.45, 2.75) is 18.5 Å². The van der Waals surface area contributed by atoms with Crippen LogP contribution in [0, 0.1) is 17.6 Å². The van der Waals surface area contributed by atoms with Gasteiger partial charge in [0.05, 0.1) is 10.5 Å². The van der Waals surface area contributed by atoms with Crippen molar-refractivity contribution < 1.29 is 13.2 Å². The molecule has 29 heavy (non-hydrogen) atoms. The van der Waals surface area contributed by atoms with Crippen LogP contribution in [0.1, 0.15) is 23.7 Å². The lowest BCUT2D eigenvalue weighted by molar-refractivity contribution is 0.429. The molecular weight excluding hydrogens is 449 g/mol. The van der Waals surface area contributed by atoms with E-state index < -0.39 is 34.7 Å². The topological polar surface area (TPSA) is 70.1 Å². The number of benzene rings is 1. The number of halogens is 4. The molecule has 3 aromatic rings. The summed E-state index contributed by atoms with van der Waals surface area (Å²) in [5.74, 6) is -1.64. The summed E-state index contributed by atoms with van der Waals surface area (Å²) in [6.45, 7) is 1.78. The van der Waals surface area contributed by atoms with E-state index in [1.54, 1.807) is 19.1 Å². The Labute approximate surface area is 171 Å². The molecule has 9 heteroatoms. The first kappa shape index (κ1) is 19.4. The summed E-state index contributed by atoms with van der Waals surface area (Å²) in [5.41, 5.74) is -0.524. The summed E-state index contributed by atoms with van der Waals surface area (Å²) in [6, 6.07) is 8.77. The van der Waals surface area contributed by atoms with E-state index in [4.69, 9.17) is 0 Å². The fraction of sp³-hybridized carbons (Fsp3) is 0.150. The van der Waals surface area contributed by atoms with Gasteiger partial charge in [0, 0.05) is 17.8 Å². The van der Waals surface area contributed by atoms with Gasteiger partial charge in [-0.05, 0) is 52.7 Å². The Morgan fingerprint density at radius 3 is 2.45 bits per heavy atom. The van der Waals surface area contributed by atoms with Gasteiger partial charge in [0.2, 0.25) is 11.5 Å². The second-order valence-corrected chi connectivity index (χ2v) is 7.49. The average Bonchev–Trinajstić information content (AvgIpc) is 3.04. The summed E-state index contributed by atoms with van der Waals surface area (Å²) in [5, 5.41) is 3.17. The molecular formula is C20H14BrF3N4O. The molecule has 0 saturated carbocycles. The third-order valence-electron chi connectivity index (χ3n) is 4.93. The number of H-pyrrole nitrogens is 1. The Morgan fingerprint density at radius 1 is 1.03 bits per heavy atom. The first-order valence-corrected chi connectivity index (χ1v) is 9.43. The Balaban J connectivity index is 1.90. The van der Waals surface area contributed by atoms with Gasteiger partial charge < -0.3 is 10.3 Å². The molecule has 2 N–H and O–H groups in total. The summed E-state index contributed by atoms with van der Waals surface area (Å²) >= 11 is 3.18. The van der Waals surface area contributed by atoms with Gasteiger partial charge in [-0.3, -0.25) is 9.79 Å². The van der Waals surface area contributed by atoms with Crippen LogP contribution in [0.4, 0.5) is 13.2 Å². The lowest BCUT2D eigenvalue weighted by Crippen LogP contribution is -2.48. The molecule has 0 saturated heterocycles. The highest BCUT2D eigenvalue weighted by Crippen LogP contribution is 2.39. The van der Waals surface area contributed by atoms with Crippen molar-refractivity contribution >= 4 is 21.8 Å². The smallest absolute Gasteiger partial charge is 0.248 e. The first-order valence-electron chi connectivity index (χ1n) is 8.64. The lowest BCUT2D eigenvalue weighted by Gasteiger charge is -2.34. The quantitative estimate of drug-likeness (QED) is 0.583. The normalized spacial score (nSPS) is 21.0. The number of aromatic nitrogens is 2. The predicted octanol–water partition coefficient (Wildman–Crippen LogP) is 3.63. The standard InChI is InChI=1S/C20H14BrF3N4O/c1-10-20(12-3-6-16(24)25-9-12,11-2-4-14(22)13(21)8-11)28-19(26-10)18-15(23)5-7-17(29)27-18/h2-10H,1H3,(H,26,28)(H,27,29)/t10-,20+/m0/s1. The van der Waals surface area contributed by atoms with Crippen LogP contribution in [-0.2, 0) is 5.54 Å². The fourth-order valence-electron chi connectivity index (χ4n) is 3.51. The molecule has 148 valence electrons. The predicted molar refractivity (Wildman–Crippen MR) is 105 cm³/mol. The Bertz CT molecular complexity index is 1180. The molecule has 0 aliphatic carbocycles. The first-order chi connectivity index (χ1) is 13.8. The molecule has 1 aliphatic heterocycles. The Kier molecular flexibility index (Phi) is 4.77. The van der Waals surface area contributed by atoms with Gasteiger partial charge >= 0.3 is 0 Å². The highest BCUT2D eigenvalue weighted by Gasteiger charge is 2.46. The van der Waals surface area contributed by atoms with Gasteiger partial charge in [0.25, 0.3) is 0 Å². The van der Waals surface area contributed by atoms with Gasteiger partial charge in [-0.15, -0.1) is 0 Å². The molecule has 0 unspecified atom stereocenters. The second-order valence-electron chi connectivity index (χ2n) is 6.63. The highest BCUT2D eigenvalue weighted by atomic mass is 79.9. The SMILES string of the molecule is C[C@@H]1N=C(c2[nH]c(=O)ccc2F)N[C@@]1(c1ccc(F)nc1)c1ccc(F)c(Br)c1. The van der Waals surface area contributed by atoms with Crippen LogP contribution in [0.15, 0.2) is 62.9 Å². The number of aromatic amines is 1. The monoisotopic (exact) mass is 462 g/mol. The number of nitrogens with one attached hydrogen (secondary N) is 2. The molecule has 2 aromatic heterocycles. The lowest BCUT2D eigenvalue weighted by atomic mass is 9.79. The fourth-order valence-corrected chi connectivity index (χ4v) is 3.89. The Morgan fingerprint density at radius 2 is 1.76 bits per heavy atom. The number of rotatable bonds is 3. The maximum absolute atomic E-state index is 14.4. The van der Waals surface area contributed by atoms with Crippen molar-refractivity contribution in [1.82, 2.24) is 15.3 Å². The molecule has 5 nitrogen and oxygen atoms in total. The molecule has 1 aliphatic rings. The van der Waals surface area contributed by atoms with E-state index in [1.165, 1.54) is 24.4 Å². The molecule has 4 rings (SSSR count). The zero-order chi connectivity index (χ0) is 20.8. The van der Waals surface area contributed by atoms with Gasteiger partial charge in [0.1, 0.15) is 22.9 Å². The van der Waals surface area contributed by atoms with E-state index >= 15 is 0 Å². The van der Waals surface area contributed by atoms with Crippen molar-refractivity contribution in [2.75, 3.05) is 0 Å². The summed E-state index contributed by atoms with van der Waals surface area (Å²) < 4.78 is 41.9. The third kappa shape index (κ3) is 3.25. The van der Waals surface area contributed by atoms with Crippen LogP contribution in [0.5, 0.6) is 0 Å². The van der Waals surface area contributed by atoms with Crippen molar-refractivity contribution in [2.24, 2.45) is 4.99 Å². The van der Waals surface area contributed by atoms with E-state index in [-0.39, 0.29) is 16.0 Å². The number of hydrogen-bond donors (Lipinski definition) is 2. The van der Waals surface area contributed by atoms with Crippen molar-refractivity contribution in [3.05, 3.63) is 97.9 Å². The average molecular weight is 463 g/mol. The minimum Gasteiger partial charge on any atom is -0.353 e. The van der Waals surface area contributed by atoms with Gasteiger partial charge in [-0.2, -0.15) is 4.39 Å². The maximum Gasteiger partial charge on any atom is 0.248 e. The number of amidine groups is 1. The van der Waals surface area contributed by atoms with Crippen LogP contribution in [0.25, 0.3) is 0 Å². The molecule has 1 aromatic carbocycles. The van der Waals surface area contributed by atoms with Crippen LogP contribution in [0.3, 0.4) is 0 Å². The highest BCUT2D eigenvalue weighted by molar-refractivity contribution is 9.10. The minimum atomic E-state index is -1.09. The number of aliphatic imine (C=N–C) groups is 1. The van der Waals surface area contributed by atoms with Crippen LogP contribution >= 0.6 is 15.9 Å². The van der Waals surface area contributed by atoms with Crippen molar-refractivity contribution in [1.29, 1.82) is 0 Å². The largest absolute Gasteiger partial charge is 0.353 e. The van der Waals surface area contributed by atoms with Gasteiger partial charge in [-0.1, -0.05) is 12.1 Å². The van der Waals surface area contributed by atoms with Crippen molar-refractivity contribution in [3.8, 4) is 0 Å². The van der Waals surface area contributed by atoms with Crippen LogP contribution in [-0.4, -0.2) is 21.8 Å². The molecule has 0 amide bonds. The molecule has 0 fully saturated rings. The third-order valence-corrected chi connectivity index (χ3v) is 5.54. The van der Waals surface area contributed by atoms with Crippen LogP contribution in [0.2, 0.25) is 0 Å². The summed E-state index contributed by atoms with van der Waals surface area (Å²) in [7, 11) is 0. The van der Waals surface area contributed by atoms with E-state index in [9.17, 15) is 18.0 Å². The minimum absolute atomic E-state index is 0.0949. The zero-order valence-corrected chi connectivity index (χ0v) is 16.6. The zero-order valence-electron chi connectivity index (χ0n) is 15.0. The second kappa shape index (κ2) is 7.14. The molecule has 2 atom stereocenters.